The summed E-state index contributed by atoms with van der Waals surface area (Å²) in [6.45, 7) is 4.76. The van der Waals surface area contributed by atoms with Crippen molar-refractivity contribution in [3.63, 3.8) is 0 Å². The number of benzene rings is 2. The van der Waals surface area contributed by atoms with E-state index in [1.54, 1.807) is 7.11 Å². The van der Waals surface area contributed by atoms with Crippen molar-refractivity contribution in [2.75, 3.05) is 13.7 Å². The van der Waals surface area contributed by atoms with E-state index < -0.39 is 0 Å². The van der Waals surface area contributed by atoms with Crippen LogP contribution in [0.1, 0.15) is 28.2 Å². The van der Waals surface area contributed by atoms with Crippen LogP contribution in [0.3, 0.4) is 0 Å². The Hall–Kier alpha value is -1.80. The van der Waals surface area contributed by atoms with Crippen molar-refractivity contribution in [3.05, 3.63) is 64.7 Å². The summed E-state index contributed by atoms with van der Waals surface area (Å²) in [5.41, 5.74) is 10.8. The predicted molar refractivity (Wildman–Crippen MR) is 79.8 cm³/mol. The molecule has 1 unspecified atom stereocenters. The molecule has 0 aliphatic heterocycles. The lowest BCUT2D eigenvalue weighted by molar-refractivity contribution is 0.404. The number of aryl methyl sites for hydroxylation is 2. The molecule has 0 aliphatic rings. The summed E-state index contributed by atoms with van der Waals surface area (Å²) in [7, 11) is 1.72. The number of hydrogen-bond donors (Lipinski definition) is 1. The van der Waals surface area contributed by atoms with E-state index in [9.17, 15) is 0 Å². The van der Waals surface area contributed by atoms with Crippen LogP contribution in [-0.2, 0) is 0 Å². The van der Waals surface area contributed by atoms with Crippen LogP contribution >= 0.6 is 0 Å². The zero-order valence-electron chi connectivity index (χ0n) is 11.8. The van der Waals surface area contributed by atoms with Crippen molar-refractivity contribution < 1.29 is 4.74 Å². The summed E-state index contributed by atoms with van der Waals surface area (Å²) < 4.78 is 5.58. The van der Waals surface area contributed by atoms with Gasteiger partial charge < -0.3 is 10.5 Å². The van der Waals surface area contributed by atoms with Gasteiger partial charge in [0, 0.05) is 18.0 Å². The van der Waals surface area contributed by atoms with Gasteiger partial charge in [-0.25, -0.2) is 0 Å². The van der Waals surface area contributed by atoms with Crippen molar-refractivity contribution in [1.82, 2.24) is 0 Å². The van der Waals surface area contributed by atoms with E-state index in [2.05, 4.69) is 38.1 Å². The minimum Gasteiger partial charge on any atom is -0.496 e. The van der Waals surface area contributed by atoms with Crippen LogP contribution in [-0.4, -0.2) is 13.7 Å². The van der Waals surface area contributed by atoms with Crippen molar-refractivity contribution in [2.45, 2.75) is 19.8 Å². The van der Waals surface area contributed by atoms with Crippen LogP contribution < -0.4 is 10.5 Å². The Morgan fingerprint density at radius 3 is 2.37 bits per heavy atom. The second-order valence-corrected chi connectivity index (χ2v) is 4.90. The molecule has 0 amide bonds. The summed E-state index contributed by atoms with van der Waals surface area (Å²) in [6.07, 6.45) is 0. The number of methoxy groups -OCH3 is 1. The van der Waals surface area contributed by atoms with Crippen LogP contribution in [0.15, 0.2) is 42.5 Å². The highest BCUT2D eigenvalue weighted by Crippen LogP contribution is 2.34. The third-order valence-corrected chi connectivity index (χ3v) is 3.46. The van der Waals surface area contributed by atoms with E-state index in [0.29, 0.717) is 6.54 Å². The van der Waals surface area contributed by atoms with Gasteiger partial charge in [0.15, 0.2) is 0 Å². The van der Waals surface area contributed by atoms with Crippen molar-refractivity contribution in [1.29, 1.82) is 0 Å². The normalized spacial score (nSPS) is 12.2. The van der Waals surface area contributed by atoms with Crippen LogP contribution in [0.5, 0.6) is 5.75 Å². The van der Waals surface area contributed by atoms with Crippen LogP contribution in [0.2, 0.25) is 0 Å². The number of rotatable bonds is 4. The number of ether oxygens (including phenoxy) is 1. The lowest BCUT2D eigenvalue weighted by Gasteiger charge is -2.21. The van der Waals surface area contributed by atoms with Gasteiger partial charge in [-0.3, -0.25) is 0 Å². The van der Waals surface area contributed by atoms with Crippen LogP contribution in [0.4, 0.5) is 0 Å². The molecule has 0 saturated heterocycles. The molecule has 0 saturated carbocycles. The Kier molecular flexibility index (Phi) is 4.23. The van der Waals surface area contributed by atoms with E-state index >= 15 is 0 Å². The Bertz CT molecular complexity index is 549. The zero-order chi connectivity index (χ0) is 13.8. The van der Waals surface area contributed by atoms with Crippen LogP contribution in [0, 0.1) is 13.8 Å². The molecule has 2 rings (SSSR count). The smallest absolute Gasteiger partial charge is 0.125 e. The lowest BCUT2D eigenvalue weighted by atomic mass is 9.88. The summed E-state index contributed by atoms with van der Waals surface area (Å²) in [5, 5.41) is 0. The Morgan fingerprint density at radius 1 is 1.11 bits per heavy atom. The first-order valence-corrected chi connectivity index (χ1v) is 6.57. The highest BCUT2D eigenvalue weighted by Gasteiger charge is 2.18. The molecular weight excluding hydrogens is 234 g/mol. The molecule has 2 heteroatoms. The molecule has 1 atom stereocenters. The molecule has 0 bridgehead atoms. The van der Waals surface area contributed by atoms with Gasteiger partial charge in [0.1, 0.15) is 5.75 Å². The fraction of sp³-hybridized carbons (Fsp3) is 0.294. The van der Waals surface area contributed by atoms with E-state index in [-0.39, 0.29) is 5.92 Å². The molecule has 19 heavy (non-hydrogen) atoms. The molecule has 2 N–H and O–H groups in total. The standard InChI is InChI=1S/C17H21NO/c1-12-9-13(2)17(19-3)15(10-12)16(11-18)14-7-5-4-6-8-14/h4-10,16H,11,18H2,1-3H3. The Balaban J connectivity index is 2.55. The van der Waals surface area contributed by atoms with Crippen molar-refractivity contribution in [3.8, 4) is 5.75 Å². The molecule has 0 spiro atoms. The summed E-state index contributed by atoms with van der Waals surface area (Å²) in [6, 6.07) is 14.7. The monoisotopic (exact) mass is 255 g/mol. The largest absolute Gasteiger partial charge is 0.496 e. The molecule has 2 nitrogen and oxygen atoms in total. The number of nitrogens with two attached hydrogens (primary N) is 1. The summed E-state index contributed by atoms with van der Waals surface area (Å²) in [5.74, 6) is 1.12. The zero-order valence-corrected chi connectivity index (χ0v) is 11.8. The maximum absolute atomic E-state index is 6.01. The maximum atomic E-state index is 6.01. The van der Waals surface area contributed by atoms with Crippen molar-refractivity contribution >= 4 is 0 Å². The molecule has 0 radical (unpaired) electrons. The molecule has 100 valence electrons. The molecule has 2 aromatic rings. The summed E-state index contributed by atoms with van der Waals surface area (Å²) in [4.78, 5) is 0. The van der Waals surface area contributed by atoms with Gasteiger partial charge in [0.2, 0.25) is 0 Å². The van der Waals surface area contributed by atoms with Crippen LogP contribution in [0.25, 0.3) is 0 Å². The van der Waals surface area contributed by atoms with E-state index in [0.717, 1.165) is 11.3 Å². The first kappa shape index (κ1) is 13.6. The third-order valence-electron chi connectivity index (χ3n) is 3.46. The lowest BCUT2D eigenvalue weighted by Crippen LogP contribution is -2.15. The molecule has 0 aliphatic carbocycles. The van der Waals surface area contributed by atoms with Gasteiger partial charge in [-0.15, -0.1) is 0 Å². The average Bonchev–Trinajstić information content (AvgIpc) is 2.40. The van der Waals surface area contributed by atoms with Gasteiger partial charge >= 0.3 is 0 Å². The Labute approximate surface area is 115 Å². The van der Waals surface area contributed by atoms with Gasteiger partial charge in [-0.05, 0) is 25.0 Å². The minimum atomic E-state index is 0.176. The fourth-order valence-electron chi connectivity index (χ4n) is 2.65. The van der Waals surface area contributed by atoms with Gasteiger partial charge in [0.25, 0.3) is 0 Å². The van der Waals surface area contributed by atoms with E-state index in [1.807, 2.05) is 18.2 Å². The van der Waals surface area contributed by atoms with E-state index in [1.165, 1.54) is 16.7 Å². The minimum absolute atomic E-state index is 0.176. The highest BCUT2D eigenvalue weighted by molar-refractivity contribution is 5.49. The average molecular weight is 255 g/mol. The van der Waals surface area contributed by atoms with Gasteiger partial charge in [0.05, 0.1) is 7.11 Å². The van der Waals surface area contributed by atoms with Gasteiger partial charge in [-0.2, -0.15) is 0 Å². The van der Waals surface area contributed by atoms with E-state index in [4.69, 9.17) is 10.5 Å². The number of hydrogen-bond acceptors (Lipinski definition) is 2. The molecule has 0 fully saturated rings. The molecular formula is C17H21NO. The van der Waals surface area contributed by atoms with Gasteiger partial charge in [-0.1, -0.05) is 48.0 Å². The SMILES string of the molecule is COc1c(C)cc(C)cc1C(CN)c1ccccc1. The third kappa shape index (κ3) is 2.79. The first-order valence-electron chi connectivity index (χ1n) is 6.57. The topological polar surface area (TPSA) is 35.2 Å². The van der Waals surface area contributed by atoms with Crippen molar-refractivity contribution in [2.24, 2.45) is 5.73 Å². The predicted octanol–water partition coefficient (Wildman–Crippen LogP) is 3.40. The fourth-order valence-corrected chi connectivity index (χ4v) is 2.65. The Morgan fingerprint density at radius 2 is 1.79 bits per heavy atom. The second kappa shape index (κ2) is 5.89. The second-order valence-electron chi connectivity index (χ2n) is 4.90. The molecule has 0 heterocycles. The summed E-state index contributed by atoms with van der Waals surface area (Å²) >= 11 is 0. The first-order chi connectivity index (χ1) is 9.17. The highest BCUT2D eigenvalue weighted by atomic mass is 16.5. The quantitative estimate of drug-likeness (QED) is 0.908. The maximum Gasteiger partial charge on any atom is 0.125 e. The molecule has 2 aromatic carbocycles. The molecule has 0 aromatic heterocycles.